The molecule has 4 heterocycles. The normalized spacial score (nSPS) is 16.7. The summed E-state index contributed by atoms with van der Waals surface area (Å²) in [6.07, 6.45) is 3.66. The molecule has 5 rings (SSSR count). The van der Waals surface area contributed by atoms with Gasteiger partial charge in [0.05, 0.1) is 12.2 Å². The molecule has 1 saturated heterocycles. The molecule has 0 bridgehead atoms. The molecular weight excluding hydrogens is 490 g/mol. The van der Waals surface area contributed by atoms with E-state index in [0.29, 0.717) is 25.5 Å². The second-order valence-corrected chi connectivity index (χ2v) is 9.29. The van der Waals surface area contributed by atoms with Crippen molar-refractivity contribution in [3.63, 3.8) is 0 Å². The molecule has 0 N–H and O–H groups in total. The molecule has 1 atom stereocenters. The molecule has 1 fully saturated rings. The number of alkyl halides is 1. The number of nitrogens with zero attached hydrogens (tertiary/aromatic N) is 8. The van der Waals surface area contributed by atoms with Gasteiger partial charge >= 0.3 is 0 Å². The summed E-state index contributed by atoms with van der Waals surface area (Å²) in [6.45, 7) is 3.02. The highest BCUT2D eigenvalue weighted by Gasteiger charge is 2.31. The fraction of sp³-hybridized carbons (Fsp3) is 0.375. The standard InChI is InChI=1S/C24H25ClF2N8O/c1-14-29-21-20(17-5-4-16(25)10-18(17)27)30-24(31-22(21)23(36)33(14)3)35-9-8-34(7-6-26)19(13-35)15-11-28-32(2)12-15/h4-5,10-12,19H,6-9,13H2,1-3H3. The van der Waals surface area contributed by atoms with Crippen LogP contribution in [0.1, 0.15) is 17.4 Å². The van der Waals surface area contributed by atoms with Crippen LogP contribution in [-0.2, 0) is 14.1 Å². The van der Waals surface area contributed by atoms with E-state index >= 15 is 4.39 Å². The molecule has 1 aliphatic rings. The van der Waals surface area contributed by atoms with Gasteiger partial charge in [-0.25, -0.2) is 23.7 Å². The van der Waals surface area contributed by atoms with Crippen LogP contribution < -0.4 is 10.5 Å². The van der Waals surface area contributed by atoms with Gasteiger partial charge in [-0.1, -0.05) is 11.6 Å². The lowest BCUT2D eigenvalue weighted by Crippen LogP contribution is -2.49. The predicted molar refractivity (Wildman–Crippen MR) is 133 cm³/mol. The van der Waals surface area contributed by atoms with Crippen molar-refractivity contribution in [1.29, 1.82) is 0 Å². The largest absolute Gasteiger partial charge is 0.338 e. The van der Waals surface area contributed by atoms with Crippen LogP contribution in [0.15, 0.2) is 35.4 Å². The Hall–Kier alpha value is -3.44. The second kappa shape index (κ2) is 9.55. The fourth-order valence-corrected chi connectivity index (χ4v) is 4.72. The van der Waals surface area contributed by atoms with Gasteiger partial charge in [-0.2, -0.15) is 5.10 Å². The minimum Gasteiger partial charge on any atom is -0.338 e. The molecule has 0 spiro atoms. The Morgan fingerprint density at radius 2 is 1.94 bits per heavy atom. The van der Waals surface area contributed by atoms with Crippen molar-refractivity contribution in [3.8, 4) is 11.3 Å². The summed E-state index contributed by atoms with van der Waals surface area (Å²) >= 11 is 5.97. The maximum Gasteiger partial charge on any atom is 0.279 e. The summed E-state index contributed by atoms with van der Waals surface area (Å²) < 4.78 is 31.4. The van der Waals surface area contributed by atoms with Gasteiger partial charge in [-0.15, -0.1) is 0 Å². The summed E-state index contributed by atoms with van der Waals surface area (Å²) in [5.41, 5.74) is 1.30. The van der Waals surface area contributed by atoms with Crippen molar-refractivity contribution < 1.29 is 8.78 Å². The van der Waals surface area contributed by atoms with E-state index in [1.165, 1.54) is 16.7 Å². The van der Waals surface area contributed by atoms with Crippen molar-refractivity contribution >= 4 is 28.6 Å². The van der Waals surface area contributed by atoms with E-state index in [9.17, 15) is 9.18 Å². The number of hydrogen-bond acceptors (Lipinski definition) is 7. The van der Waals surface area contributed by atoms with E-state index in [4.69, 9.17) is 16.6 Å². The topological polar surface area (TPSA) is 85.0 Å². The summed E-state index contributed by atoms with van der Waals surface area (Å²) in [4.78, 5) is 31.0. The maximum atomic E-state index is 15.0. The number of benzene rings is 1. The molecule has 0 aliphatic carbocycles. The van der Waals surface area contributed by atoms with Crippen LogP contribution in [0.3, 0.4) is 0 Å². The molecule has 0 saturated carbocycles. The molecule has 1 aliphatic heterocycles. The quantitative estimate of drug-likeness (QED) is 0.404. The number of hydrogen-bond donors (Lipinski definition) is 0. The predicted octanol–water partition coefficient (Wildman–Crippen LogP) is 3.06. The summed E-state index contributed by atoms with van der Waals surface area (Å²) in [6, 6.07) is 4.13. The zero-order valence-electron chi connectivity index (χ0n) is 20.1. The van der Waals surface area contributed by atoms with Gasteiger partial charge in [0.1, 0.15) is 29.5 Å². The summed E-state index contributed by atoms with van der Waals surface area (Å²) in [5, 5.41) is 4.52. The number of rotatable bonds is 5. The van der Waals surface area contributed by atoms with Crippen LogP contribution in [-0.4, -0.2) is 67.1 Å². The Balaban J connectivity index is 1.66. The van der Waals surface area contributed by atoms with E-state index in [2.05, 4.69) is 20.0 Å². The SMILES string of the molecule is Cc1nc2c(-c3ccc(Cl)cc3F)nc(N3CCN(CCF)C(c4cnn(C)c4)C3)nc2c(=O)n1C. The third-order valence-electron chi connectivity index (χ3n) is 6.58. The monoisotopic (exact) mass is 514 g/mol. The Morgan fingerprint density at radius 1 is 1.14 bits per heavy atom. The van der Waals surface area contributed by atoms with E-state index in [-0.39, 0.29) is 51.4 Å². The highest BCUT2D eigenvalue weighted by molar-refractivity contribution is 6.30. The van der Waals surface area contributed by atoms with Crippen LogP contribution >= 0.6 is 11.6 Å². The van der Waals surface area contributed by atoms with Gasteiger partial charge in [0.15, 0.2) is 5.52 Å². The van der Waals surface area contributed by atoms with Crippen LogP contribution in [0.25, 0.3) is 22.3 Å². The lowest BCUT2D eigenvalue weighted by molar-refractivity contribution is 0.163. The number of anilines is 1. The van der Waals surface area contributed by atoms with Crippen molar-refractivity contribution in [1.82, 2.24) is 34.2 Å². The van der Waals surface area contributed by atoms with E-state index in [1.807, 2.05) is 18.1 Å². The van der Waals surface area contributed by atoms with Crippen LogP contribution in [0.4, 0.5) is 14.7 Å². The maximum absolute atomic E-state index is 15.0. The van der Waals surface area contributed by atoms with Crippen molar-refractivity contribution in [3.05, 3.63) is 63.2 Å². The number of piperazine rings is 1. The van der Waals surface area contributed by atoms with E-state index in [0.717, 1.165) is 5.56 Å². The molecule has 3 aromatic heterocycles. The zero-order chi connectivity index (χ0) is 25.6. The lowest BCUT2D eigenvalue weighted by Gasteiger charge is -2.40. The molecule has 9 nitrogen and oxygen atoms in total. The number of fused-ring (bicyclic) bond motifs is 1. The summed E-state index contributed by atoms with van der Waals surface area (Å²) in [5.74, 6) is 0.161. The molecular formula is C24H25ClF2N8O. The highest BCUT2D eigenvalue weighted by atomic mass is 35.5. The Morgan fingerprint density at radius 3 is 2.64 bits per heavy atom. The molecule has 188 valence electrons. The number of halogens is 3. The first-order chi connectivity index (χ1) is 17.3. The Bertz CT molecular complexity index is 1500. The summed E-state index contributed by atoms with van der Waals surface area (Å²) in [7, 11) is 3.44. The van der Waals surface area contributed by atoms with E-state index < -0.39 is 12.5 Å². The zero-order valence-corrected chi connectivity index (χ0v) is 20.9. The fourth-order valence-electron chi connectivity index (χ4n) is 4.56. The van der Waals surface area contributed by atoms with Crippen LogP contribution in [0.5, 0.6) is 0 Å². The highest BCUT2D eigenvalue weighted by Crippen LogP contribution is 2.32. The Labute approximate surface area is 211 Å². The average molecular weight is 515 g/mol. The lowest BCUT2D eigenvalue weighted by atomic mass is 10.1. The van der Waals surface area contributed by atoms with Crippen molar-refractivity contribution in [2.45, 2.75) is 13.0 Å². The van der Waals surface area contributed by atoms with Gasteiger partial charge in [-0.05, 0) is 25.1 Å². The molecule has 0 radical (unpaired) electrons. The van der Waals surface area contributed by atoms with Crippen LogP contribution in [0, 0.1) is 12.7 Å². The first-order valence-electron chi connectivity index (χ1n) is 11.5. The van der Waals surface area contributed by atoms with Gasteiger partial charge in [0, 0.05) is 62.6 Å². The average Bonchev–Trinajstić information content (AvgIpc) is 3.29. The molecule has 12 heteroatoms. The van der Waals surface area contributed by atoms with Gasteiger partial charge in [-0.3, -0.25) is 18.9 Å². The van der Waals surface area contributed by atoms with Gasteiger partial charge < -0.3 is 4.90 Å². The smallest absolute Gasteiger partial charge is 0.279 e. The molecule has 1 unspecified atom stereocenters. The van der Waals surface area contributed by atoms with Crippen molar-refractivity contribution in [2.75, 3.05) is 37.8 Å². The molecule has 4 aromatic rings. The van der Waals surface area contributed by atoms with Gasteiger partial charge in [0.25, 0.3) is 5.56 Å². The molecule has 1 aromatic carbocycles. The van der Waals surface area contributed by atoms with Crippen LogP contribution in [0.2, 0.25) is 5.02 Å². The molecule has 36 heavy (non-hydrogen) atoms. The van der Waals surface area contributed by atoms with E-state index in [1.54, 1.807) is 30.9 Å². The first-order valence-corrected chi connectivity index (χ1v) is 11.9. The van der Waals surface area contributed by atoms with Crippen molar-refractivity contribution in [2.24, 2.45) is 14.1 Å². The number of aromatic nitrogens is 6. The molecule has 0 amide bonds. The minimum absolute atomic E-state index is 0.0987. The van der Waals surface area contributed by atoms with Gasteiger partial charge in [0.2, 0.25) is 5.95 Å². The Kier molecular flexibility index (Phi) is 6.44. The third-order valence-corrected chi connectivity index (χ3v) is 6.82. The minimum atomic E-state index is -0.574. The second-order valence-electron chi connectivity index (χ2n) is 8.85. The number of aryl methyl sites for hydroxylation is 2. The first kappa shape index (κ1) is 24.3. The third kappa shape index (κ3) is 4.33.